The monoisotopic (exact) mass is 235 g/mol. The van der Waals surface area contributed by atoms with Gasteiger partial charge >= 0.3 is 5.97 Å². The van der Waals surface area contributed by atoms with Crippen molar-refractivity contribution in [2.45, 2.75) is 26.9 Å². The fourth-order valence-electron chi connectivity index (χ4n) is 1.65. The predicted molar refractivity (Wildman–Crippen MR) is 58.7 cm³/mol. The molecule has 2 aromatic heterocycles. The van der Waals surface area contributed by atoms with Crippen molar-refractivity contribution < 1.29 is 9.90 Å². The van der Waals surface area contributed by atoms with Gasteiger partial charge < -0.3 is 9.67 Å². The summed E-state index contributed by atoms with van der Waals surface area (Å²) in [6.45, 7) is 4.78. The summed E-state index contributed by atoms with van der Waals surface area (Å²) in [4.78, 5) is 19.1. The lowest BCUT2D eigenvalue weighted by Crippen LogP contribution is -2.14. The minimum Gasteiger partial charge on any atom is -0.477 e. The first-order valence-corrected chi connectivity index (χ1v) is 5.25. The normalized spacial score (nSPS) is 10.7. The number of carboxylic acids is 1. The lowest BCUT2D eigenvalue weighted by Gasteiger charge is -2.07. The van der Waals surface area contributed by atoms with Crippen LogP contribution in [-0.2, 0) is 13.1 Å². The van der Waals surface area contributed by atoms with Crippen molar-refractivity contribution in [3.63, 3.8) is 0 Å². The molecule has 0 aliphatic rings. The van der Waals surface area contributed by atoms with Crippen LogP contribution in [0.2, 0.25) is 0 Å². The van der Waals surface area contributed by atoms with Crippen molar-refractivity contribution in [3.05, 3.63) is 29.9 Å². The maximum Gasteiger partial charge on any atom is 0.354 e. The second-order valence-corrected chi connectivity index (χ2v) is 3.57. The van der Waals surface area contributed by atoms with Gasteiger partial charge in [-0.15, -0.1) is 0 Å². The average molecular weight is 235 g/mol. The van der Waals surface area contributed by atoms with E-state index in [0.29, 0.717) is 18.9 Å². The molecule has 0 bridgehead atoms. The Morgan fingerprint density at radius 1 is 1.47 bits per heavy atom. The molecule has 0 aromatic carbocycles. The Kier molecular flexibility index (Phi) is 2.90. The van der Waals surface area contributed by atoms with E-state index < -0.39 is 5.97 Å². The quantitative estimate of drug-likeness (QED) is 0.836. The van der Waals surface area contributed by atoms with E-state index in [2.05, 4.69) is 15.1 Å². The molecule has 0 atom stereocenters. The maximum atomic E-state index is 11.0. The van der Waals surface area contributed by atoms with Gasteiger partial charge in [-0.05, 0) is 13.8 Å². The molecule has 7 nitrogen and oxygen atoms in total. The third-order valence-corrected chi connectivity index (χ3v) is 2.57. The van der Waals surface area contributed by atoms with E-state index >= 15 is 0 Å². The minimum atomic E-state index is -0.992. The van der Waals surface area contributed by atoms with Crippen LogP contribution in [0.25, 0.3) is 0 Å². The maximum absolute atomic E-state index is 11.0. The molecule has 0 aliphatic carbocycles. The number of hydrogen-bond acceptors (Lipinski definition) is 4. The Labute approximate surface area is 97.7 Å². The number of carboxylic acid groups (broad SMARTS) is 1. The summed E-state index contributed by atoms with van der Waals surface area (Å²) >= 11 is 0. The molecule has 2 aromatic rings. The van der Waals surface area contributed by atoms with Gasteiger partial charge in [0.05, 0.1) is 12.7 Å². The lowest BCUT2D eigenvalue weighted by atomic mass is 10.4. The molecule has 90 valence electrons. The van der Waals surface area contributed by atoms with Crippen molar-refractivity contribution in [3.8, 4) is 0 Å². The molecule has 7 heteroatoms. The van der Waals surface area contributed by atoms with Crippen LogP contribution in [0.4, 0.5) is 0 Å². The van der Waals surface area contributed by atoms with Gasteiger partial charge in [0.2, 0.25) is 0 Å². The molecule has 1 N–H and O–H groups in total. The Balaban J connectivity index is 2.36. The van der Waals surface area contributed by atoms with Crippen molar-refractivity contribution in [2.24, 2.45) is 0 Å². The fourth-order valence-corrected chi connectivity index (χ4v) is 1.65. The molecule has 0 amide bonds. The highest BCUT2D eigenvalue weighted by molar-refractivity contribution is 5.85. The van der Waals surface area contributed by atoms with Gasteiger partial charge in [0.1, 0.15) is 23.7 Å². The first-order valence-electron chi connectivity index (χ1n) is 5.25. The summed E-state index contributed by atoms with van der Waals surface area (Å²) in [6, 6.07) is 0. The van der Waals surface area contributed by atoms with Gasteiger partial charge in [0.25, 0.3) is 0 Å². The van der Waals surface area contributed by atoms with Crippen molar-refractivity contribution in [1.82, 2.24) is 24.3 Å². The van der Waals surface area contributed by atoms with Crippen LogP contribution in [0.1, 0.15) is 29.1 Å². The molecular weight excluding hydrogens is 222 g/mol. The summed E-state index contributed by atoms with van der Waals surface area (Å²) in [5.41, 5.74) is 0.160. The molecule has 0 spiro atoms. The van der Waals surface area contributed by atoms with Gasteiger partial charge in [-0.3, -0.25) is 0 Å². The molecule has 17 heavy (non-hydrogen) atoms. The standard InChI is InChI=1S/C10H13N5O2/c1-3-15-9(12-6-13-15)5-14-7(2)11-4-8(14)10(16)17/h4,6H,3,5H2,1-2H3,(H,16,17). The summed E-state index contributed by atoms with van der Waals surface area (Å²) in [5.74, 6) is 0.373. The molecule has 0 saturated carbocycles. The number of aromatic nitrogens is 5. The molecular formula is C10H13N5O2. The molecule has 2 heterocycles. The number of imidazole rings is 1. The highest BCUT2D eigenvalue weighted by atomic mass is 16.4. The van der Waals surface area contributed by atoms with Crippen LogP contribution in [0.5, 0.6) is 0 Å². The van der Waals surface area contributed by atoms with E-state index in [1.165, 1.54) is 12.5 Å². The van der Waals surface area contributed by atoms with E-state index in [1.807, 2.05) is 6.92 Å². The summed E-state index contributed by atoms with van der Waals surface area (Å²) in [7, 11) is 0. The molecule has 2 rings (SSSR count). The lowest BCUT2D eigenvalue weighted by molar-refractivity contribution is 0.0685. The zero-order chi connectivity index (χ0) is 12.4. The van der Waals surface area contributed by atoms with Crippen LogP contribution in [0.15, 0.2) is 12.5 Å². The van der Waals surface area contributed by atoms with E-state index in [4.69, 9.17) is 5.11 Å². The minimum absolute atomic E-state index is 0.160. The Morgan fingerprint density at radius 2 is 2.24 bits per heavy atom. The molecule has 0 fully saturated rings. The molecule has 0 unspecified atom stereocenters. The topological polar surface area (TPSA) is 85.8 Å². The molecule has 0 radical (unpaired) electrons. The SMILES string of the molecule is CCn1ncnc1Cn1c(C(=O)O)cnc1C. The van der Waals surface area contributed by atoms with E-state index in [0.717, 1.165) is 5.82 Å². The van der Waals surface area contributed by atoms with Gasteiger partial charge in [-0.25, -0.2) is 19.4 Å². The van der Waals surface area contributed by atoms with Crippen LogP contribution in [-0.4, -0.2) is 35.4 Å². The van der Waals surface area contributed by atoms with Crippen LogP contribution < -0.4 is 0 Å². The smallest absolute Gasteiger partial charge is 0.354 e. The number of aromatic carboxylic acids is 1. The number of carbonyl (C=O) groups is 1. The van der Waals surface area contributed by atoms with Crippen molar-refractivity contribution in [1.29, 1.82) is 0 Å². The predicted octanol–water partition coefficient (Wildman–Crippen LogP) is 0.549. The zero-order valence-electron chi connectivity index (χ0n) is 9.66. The fraction of sp³-hybridized carbons (Fsp3) is 0.400. The van der Waals surface area contributed by atoms with E-state index in [1.54, 1.807) is 16.2 Å². The number of hydrogen-bond donors (Lipinski definition) is 1. The molecule has 0 aliphatic heterocycles. The first-order chi connectivity index (χ1) is 8.13. The summed E-state index contributed by atoms with van der Waals surface area (Å²) < 4.78 is 3.34. The van der Waals surface area contributed by atoms with Gasteiger partial charge in [-0.2, -0.15) is 5.10 Å². The summed E-state index contributed by atoms with van der Waals surface area (Å²) in [6.07, 6.45) is 2.82. The highest BCUT2D eigenvalue weighted by Gasteiger charge is 2.15. The van der Waals surface area contributed by atoms with E-state index in [-0.39, 0.29) is 5.69 Å². The van der Waals surface area contributed by atoms with Crippen LogP contribution in [0.3, 0.4) is 0 Å². The third kappa shape index (κ3) is 2.03. The van der Waals surface area contributed by atoms with Crippen LogP contribution in [0, 0.1) is 6.92 Å². The largest absolute Gasteiger partial charge is 0.477 e. The Hall–Kier alpha value is -2.18. The van der Waals surface area contributed by atoms with Crippen LogP contribution >= 0.6 is 0 Å². The third-order valence-electron chi connectivity index (χ3n) is 2.57. The second-order valence-electron chi connectivity index (χ2n) is 3.57. The number of aryl methyl sites for hydroxylation is 2. The molecule has 0 saturated heterocycles. The van der Waals surface area contributed by atoms with Gasteiger partial charge in [0.15, 0.2) is 0 Å². The average Bonchev–Trinajstić information content (AvgIpc) is 2.87. The Bertz CT molecular complexity index is 543. The highest BCUT2D eigenvalue weighted by Crippen LogP contribution is 2.08. The summed E-state index contributed by atoms with van der Waals surface area (Å²) in [5, 5.41) is 13.1. The van der Waals surface area contributed by atoms with Crippen molar-refractivity contribution >= 4 is 5.97 Å². The number of rotatable bonds is 4. The number of nitrogens with zero attached hydrogens (tertiary/aromatic N) is 5. The van der Waals surface area contributed by atoms with E-state index in [9.17, 15) is 4.79 Å². The Morgan fingerprint density at radius 3 is 2.88 bits per heavy atom. The van der Waals surface area contributed by atoms with Gasteiger partial charge in [0, 0.05) is 6.54 Å². The zero-order valence-corrected chi connectivity index (χ0v) is 9.66. The first kappa shape index (κ1) is 11.3. The second kappa shape index (κ2) is 4.36. The van der Waals surface area contributed by atoms with Gasteiger partial charge in [-0.1, -0.05) is 0 Å². The van der Waals surface area contributed by atoms with Crippen molar-refractivity contribution in [2.75, 3.05) is 0 Å².